The second kappa shape index (κ2) is 12.3. The molecule has 1 aliphatic rings. The van der Waals surface area contributed by atoms with E-state index in [1.165, 1.54) is 0 Å². The number of nitrogens with zero attached hydrogens (tertiary/aromatic N) is 1. The predicted molar refractivity (Wildman–Crippen MR) is 141 cm³/mol. The van der Waals surface area contributed by atoms with E-state index < -0.39 is 6.04 Å². The number of benzene rings is 3. The molecule has 0 saturated heterocycles. The summed E-state index contributed by atoms with van der Waals surface area (Å²) in [5.41, 5.74) is 3.24. The van der Waals surface area contributed by atoms with Gasteiger partial charge in [-0.3, -0.25) is 9.59 Å². The van der Waals surface area contributed by atoms with Gasteiger partial charge in [-0.25, -0.2) is 0 Å². The van der Waals surface area contributed by atoms with E-state index in [-0.39, 0.29) is 23.8 Å². The molecule has 0 bridgehead atoms. The molecular formula is C31H36N2O2. The van der Waals surface area contributed by atoms with Crippen LogP contribution in [0.1, 0.15) is 68.1 Å². The molecule has 4 heteroatoms. The van der Waals surface area contributed by atoms with Crippen molar-refractivity contribution in [1.29, 1.82) is 0 Å². The zero-order valence-corrected chi connectivity index (χ0v) is 20.6. The minimum atomic E-state index is -0.490. The maximum absolute atomic E-state index is 14.0. The first-order valence-electron chi connectivity index (χ1n) is 12.9. The molecule has 1 atom stereocenters. The largest absolute Gasteiger partial charge is 0.352 e. The second-order valence-electron chi connectivity index (χ2n) is 9.50. The molecule has 182 valence electrons. The van der Waals surface area contributed by atoms with Crippen molar-refractivity contribution in [2.75, 3.05) is 0 Å². The van der Waals surface area contributed by atoms with Crippen LogP contribution in [0.5, 0.6) is 0 Å². The number of carbonyl (C=O) groups excluding carboxylic acids is 2. The Balaban J connectivity index is 1.61. The Kier molecular flexibility index (Phi) is 8.72. The molecule has 0 spiro atoms. The lowest BCUT2D eigenvalue weighted by Gasteiger charge is -2.33. The zero-order chi connectivity index (χ0) is 24.5. The summed E-state index contributed by atoms with van der Waals surface area (Å²) in [6, 6.07) is 30.1. The van der Waals surface area contributed by atoms with Crippen molar-refractivity contribution in [3.05, 3.63) is 108 Å². The Hall–Kier alpha value is -3.40. The van der Waals surface area contributed by atoms with Gasteiger partial charge >= 0.3 is 0 Å². The van der Waals surface area contributed by atoms with Crippen LogP contribution in [0.2, 0.25) is 0 Å². The number of rotatable bonds is 10. The van der Waals surface area contributed by atoms with E-state index in [9.17, 15) is 9.59 Å². The van der Waals surface area contributed by atoms with Crippen LogP contribution in [-0.4, -0.2) is 28.8 Å². The highest BCUT2D eigenvalue weighted by atomic mass is 16.2. The number of amides is 2. The fourth-order valence-corrected chi connectivity index (χ4v) is 5.16. The highest BCUT2D eigenvalue weighted by Gasteiger charge is 2.32. The molecule has 0 radical (unpaired) electrons. The van der Waals surface area contributed by atoms with Gasteiger partial charge in [0.2, 0.25) is 11.8 Å². The van der Waals surface area contributed by atoms with Crippen LogP contribution in [-0.2, 0) is 16.1 Å². The number of nitrogens with one attached hydrogen (secondary N) is 1. The monoisotopic (exact) mass is 468 g/mol. The summed E-state index contributed by atoms with van der Waals surface area (Å²) >= 11 is 0. The molecule has 1 fully saturated rings. The minimum absolute atomic E-state index is 0.0000175. The Morgan fingerprint density at radius 1 is 0.829 bits per heavy atom. The van der Waals surface area contributed by atoms with Gasteiger partial charge in [0.25, 0.3) is 0 Å². The Morgan fingerprint density at radius 3 is 1.86 bits per heavy atom. The van der Waals surface area contributed by atoms with Gasteiger partial charge in [-0.1, -0.05) is 111 Å². The van der Waals surface area contributed by atoms with Gasteiger partial charge in [-0.15, -0.1) is 0 Å². The van der Waals surface area contributed by atoms with Crippen LogP contribution in [0.25, 0.3) is 0 Å². The van der Waals surface area contributed by atoms with Crippen molar-refractivity contribution in [2.24, 2.45) is 0 Å². The van der Waals surface area contributed by atoms with Crippen molar-refractivity contribution in [2.45, 2.75) is 70.0 Å². The van der Waals surface area contributed by atoms with Crippen molar-refractivity contribution in [1.82, 2.24) is 10.2 Å². The molecular weight excluding hydrogens is 432 g/mol. The van der Waals surface area contributed by atoms with Crippen LogP contribution >= 0.6 is 0 Å². The van der Waals surface area contributed by atoms with Crippen LogP contribution < -0.4 is 5.32 Å². The first-order chi connectivity index (χ1) is 17.2. The lowest BCUT2D eigenvalue weighted by atomic mass is 9.88. The molecule has 1 unspecified atom stereocenters. The van der Waals surface area contributed by atoms with Crippen LogP contribution in [0, 0.1) is 0 Å². The maximum atomic E-state index is 14.0. The van der Waals surface area contributed by atoms with Gasteiger partial charge in [-0.05, 0) is 36.0 Å². The number of carbonyl (C=O) groups is 2. The van der Waals surface area contributed by atoms with Crippen molar-refractivity contribution < 1.29 is 9.59 Å². The van der Waals surface area contributed by atoms with Crippen LogP contribution in [0.3, 0.4) is 0 Å². The third-order valence-electron chi connectivity index (χ3n) is 7.07. The summed E-state index contributed by atoms with van der Waals surface area (Å²) in [6.07, 6.45) is 5.26. The molecule has 3 aromatic rings. The molecule has 35 heavy (non-hydrogen) atoms. The molecule has 4 nitrogen and oxygen atoms in total. The summed E-state index contributed by atoms with van der Waals surface area (Å²) in [5, 5.41) is 3.23. The fraction of sp³-hybridized carbons (Fsp3) is 0.355. The third kappa shape index (κ3) is 6.60. The fourth-order valence-electron chi connectivity index (χ4n) is 5.16. The summed E-state index contributed by atoms with van der Waals surface area (Å²) in [5.74, 6) is -0.0989. The van der Waals surface area contributed by atoms with Gasteiger partial charge in [0.15, 0.2) is 0 Å². The molecule has 0 heterocycles. The third-order valence-corrected chi connectivity index (χ3v) is 7.07. The SMILES string of the molecule is CCC(C(=O)NC1CCCC1)N(Cc1ccccc1)C(=O)CC(c1ccccc1)c1ccccc1. The Bertz CT molecular complexity index is 1020. The van der Waals surface area contributed by atoms with Gasteiger partial charge in [0.1, 0.15) is 6.04 Å². The average Bonchev–Trinajstić information content (AvgIpc) is 3.41. The summed E-state index contributed by atoms with van der Waals surface area (Å²) < 4.78 is 0. The Morgan fingerprint density at radius 2 is 1.34 bits per heavy atom. The number of hydrogen-bond acceptors (Lipinski definition) is 2. The van der Waals surface area contributed by atoms with E-state index in [0.717, 1.165) is 42.4 Å². The lowest BCUT2D eigenvalue weighted by Crippen LogP contribution is -2.51. The van der Waals surface area contributed by atoms with E-state index >= 15 is 0 Å². The highest BCUT2D eigenvalue weighted by molar-refractivity contribution is 5.88. The van der Waals surface area contributed by atoms with Crippen molar-refractivity contribution in [3.63, 3.8) is 0 Å². The molecule has 3 aromatic carbocycles. The normalized spacial score (nSPS) is 14.6. The molecule has 1 aliphatic carbocycles. The smallest absolute Gasteiger partial charge is 0.243 e. The molecule has 0 aromatic heterocycles. The van der Waals surface area contributed by atoms with E-state index in [2.05, 4.69) is 29.6 Å². The van der Waals surface area contributed by atoms with Gasteiger partial charge in [0, 0.05) is 24.9 Å². The average molecular weight is 469 g/mol. The van der Waals surface area contributed by atoms with Crippen molar-refractivity contribution in [3.8, 4) is 0 Å². The number of hydrogen-bond donors (Lipinski definition) is 1. The maximum Gasteiger partial charge on any atom is 0.243 e. The topological polar surface area (TPSA) is 49.4 Å². The summed E-state index contributed by atoms with van der Waals surface area (Å²) in [6.45, 7) is 2.42. The van der Waals surface area contributed by atoms with E-state index in [1.54, 1.807) is 4.90 Å². The Labute approximate surface area is 209 Å². The standard InChI is InChI=1S/C31H36N2O2/c1-2-29(31(35)32-27-20-12-13-21-27)33(23-24-14-6-3-7-15-24)30(34)22-28(25-16-8-4-9-17-25)26-18-10-5-11-19-26/h3-11,14-19,27-29H,2,12-13,20-23H2,1H3,(H,32,35). The van der Waals surface area contributed by atoms with Crippen LogP contribution in [0.4, 0.5) is 0 Å². The van der Waals surface area contributed by atoms with Crippen LogP contribution in [0.15, 0.2) is 91.0 Å². The summed E-state index contributed by atoms with van der Waals surface area (Å²) in [4.78, 5) is 29.2. The first-order valence-corrected chi connectivity index (χ1v) is 12.9. The lowest BCUT2D eigenvalue weighted by molar-refractivity contribution is -0.141. The van der Waals surface area contributed by atoms with Gasteiger partial charge in [0.05, 0.1) is 0 Å². The van der Waals surface area contributed by atoms with Gasteiger partial charge < -0.3 is 10.2 Å². The minimum Gasteiger partial charge on any atom is -0.352 e. The zero-order valence-electron chi connectivity index (χ0n) is 20.6. The van der Waals surface area contributed by atoms with E-state index in [0.29, 0.717) is 19.4 Å². The first kappa shape index (κ1) is 24.7. The highest BCUT2D eigenvalue weighted by Crippen LogP contribution is 2.30. The van der Waals surface area contributed by atoms with E-state index in [1.807, 2.05) is 73.7 Å². The molecule has 1 saturated carbocycles. The molecule has 2 amide bonds. The predicted octanol–water partition coefficient (Wildman–Crippen LogP) is 6.07. The second-order valence-corrected chi connectivity index (χ2v) is 9.50. The molecule has 4 rings (SSSR count). The van der Waals surface area contributed by atoms with Gasteiger partial charge in [-0.2, -0.15) is 0 Å². The molecule has 0 aliphatic heterocycles. The van der Waals surface area contributed by atoms with E-state index in [4.69, 9.17) is 0 Å². The van der Waals surface area contributed by atoms with Crippen molar-refractivity contribution >= 4 is 11.8 Å². The molecule has 1 N–H and O–H groups in total. The quantitative estimate of drug-likeness (QED) is 0.392. The summed E-state index contributed by atoms with van der Waals surface area (Å²) in [7, 11) is 0.